The van der Waals surface area contributed by atoms with Gasteiger partial charge in [-0.05, 0) is 26.7 Å². The minimum atomic E-state index is 0.0252. The second kappa shape index (κ2) is 6.18. The van der Waals surface area contributed by atoms with Crippen molar-refractivity contribution in [3.05, 3.63) is 35.2 Å². The van der Waals surface area contributed by atoms with Crippen molar-refractivity contribution in [1.29, 1.82) is 0 Å². The third-order valence-electron chi connectivity index (χ3n) is 4.54. The summed E-state index contributed by atoms with van der Waals surface area (Å²) in [6, 6.07) is 0.285. The standard InChI is InChI=1S/C17H24N4O2/c1-11(2)16-18-7-9-21(16)14-6-5-8-20(10-14)17(22)15-12(3)19-23-13(15)4/h7,9,11,14H,5-6,8,10H2,1-4H3/t14-/m1/s1. The number of aryl methyl sites for hydroxylation is 2. The molecule has 23 heavy (non-hydrogen) atoms. The van der Waals surface area contributed by atoms with E-state index in [0.29, 0.717) is 29.5 Å². The number of carbonyl (C=O) groups excluding carboxylic acids is 1. The van der Waals surface area contributed by atoms with E-state index in [4.69, 9.17) is 4.52 Å². The smallest absolute Gasteiger partial charge is 0.259 e. The van der Waals surface area contributed by atoms with Gasteiger partial charge in [0.15, 0.2) is 0 Å². The fraction of sp³-hybridized carbons (Fsp3) is 0.588. The first kappa shape index (κ1) is 15.8. The summed E-state index contributed by atoms with van der Waals surface area (Å²) in [5, 5.41) is 3.90. The van der Waals surface area contributed by atoms with Crippen LogP contribution in [0.4, 0.5) is 0 Å². The molecule has 3 rings (SSSR count). The van der Waals surface area contributed by atoms with Gasteiger partial charge in [-0.1, -0.05) is 19.0 Å². The average molecular weight is 316 g/mol. The van der Waals surface area contributed by atoms with Crippen LogP contribution in [-0.4, -0.2) is 38.6 Å². The zero-order chi connectivity index (χ0) is 16.6. The highest BCUT2D eigenvalue weighted by Gasteiger charge is 2.29. The third kappa shape index (κ3) is 2.90. The van der Waals surface area contributed by atoms with Crippen LogP contribution in [-0.2, 0) is 0 Å². The number of piperidine rings is 1. The predicted molar refractivity (Wildman–Crippen MR) is 86.5 cm³/mol. The van der Waals surface area contributed by atoms with Crippen LogP contribution >= 0.6 is 0 Å². The molecule has 1 amide bonds. The molecule has 0 saturated carbocycles. The van der Waals surface area contributed by atoms with Crippen molar-refractivity contribution >= 4 is 5.91 Å². The van der Waals surface area contributed by atoms with E-state index in [1.807, 2.05) is 24.2 Å². The summed E-state index contributed by atoms with van der Waals surface area (Å²) in [6.07, 6.45) is 5.95. The van der Waals surface area contributed by atoms with Gasteiger partial charge in [-0.3, -0.25) is 4.79 Å². The van der Waals surface area contributed by atoms with Crippen LogP contribution in [0.1, 0.15) is 66.3 Å². The van der Waals surface area contributed by atoms with E-state index in [0.717, 1.165) is 25.2 Å². The summed E-state index contributed by atoms with van der Waals surface area (Å²) in [6.45, 7) is 9.40. The van der Waals surface area contributed by atoms with Crippen molar-refractivity contribution in [1.82, 2.24) is 19.6 Å². The Morgan fingerprint density at radius 1 is 1.39 bits per heavy atom. The molecule has 2 aromatic rings. The Labute approximate surface area is 136 Å². The van der Waals surface area contributed by atoms with Gasteiger partial charge in [0.05, 0.1) is 11.7 Å². The van der Waals surface area contributed by atoms with Crippen molar-refractivity contribution in [2.24, 2.45) is 0 Å². The number of carbonyl (C=O) groups is 1. The molecule has 0 bridgehead atoms. The second-order valence-corrected chi connectivity index (χ2v) is 6.59. The molecule has 1 aliphatic rings. The molecule has 124 valence electrons. The van der Waals surface area contributed by atoms with Gasteiger partial charge in [-0.15, -0.1) is 0 Å². The highest BCUT2D eigenvalue weighted by molar-refractivity contribution is 5.96. The average Bonchev–Trinajstić information content (AvgIpc) is 3.14. The van der Waals surface area contributed by atoms with E-state index in [1.54, 1.807) is 6.92 Å². The number of rotatable bonds is 3. The lowest BCUT2D eigenvalue weighted by molar-refractivity contribution is 0.0675. The number of amides is 1. The Bertz CT molecular complexity index is 682. The molecule has 1 saturated heterocycles. The van der Waals surface area contributed by atoms with E-state index in [1.165, 1.54) is 0 Å². The maximum Gasteiger partial charge on any atom is 0.259 e. The van der Waals surface area contributed by atoms with Gasteiger partial charge in [-0.2, -0.15) is 0 Å². The quantitative estimate of drug-likeness (QED) is 0.873. The van der Waals surface area contributed by atoms with Crippen LogP contribution in [0.25, 0.3) is 0 Å². The van der Waals surface area contributed by atoms with E-state index in [-0.39, 0.29) is 11.9 Å². The van der Waals surface area contributed by atoms with Crippen LogP contribution in [0.3, 0.4) is 0 Å². The van der Waals surface area contributed by atoms with Gasteiger partial charge >= 0.3 is 0 Å². The molecular formula is C17H24N4O2. The maximum atomic E-state index is 12.8. The number of hydrogen-bond donors (Lipinski definition) is 0. The van der Waals surface area contributed by atoms with Crippen LogP contribution in [0.15, 0.2) is 16.9 Å². The minimum Gasteiger partial charge on any atom is -0.361 e. The Kier molecular flexibility index (Phi) is 4.24. The van der Waals surface area contributed by atoms with E-state index in [2.05, 4.69) is 28.6 Å². The fourth-order valence-electron chi connectivity index (χ4n) is 3.39. The summed E-state index contributed by atoms with van der Waals surface area (Å²) < 4.78 is 7.38. The largest absolute Gasteiger partial charge is 0.361 e. The van der Waals surface area contributed by atoms with Crippen molar-refractivity contribution in [2.45, 2.75) is 52.5 Å². The molecular weight excluding hydrogens is 292 g/mol. The molecule has 1 aliphatic heterocycles. The van der Waals surface area contributed by atoms with E-state index < -0.39 is 0 Å². The van der Waals surface area contributed by atoms with Gasteiger partial charge in [0.2, 0.25) is 0 Å². The maximum absolute atomic E-state index is 12.8. The fourth-order valence-corrected chi connectivity index (χ4v) is 3.39. The van der Waals surface area contributed by atoms with Gasteiger partial charge in [0.1, 0.15) is 17.1 Å². The van der Waals surface area contributed by atoms with Crippen molar-refractivity contribution in [3.63, 3.8) is 0 Å². The van der Waals surface area contributed by atoms with Crippen molar-refractivity contribution in [3.8, 4) is 0 Å². The monoisotopic (exact) mass is 316 g/mol. The number of hydrogen-bond acceptors (Lipinski definition) is 4. The number of imidazole rings is 1. The molecule has 0 aliphatic carbocycles. The highest BCUT2D eigenvalue weighted by Crippen LogP contribution is 2.27. The zero-order valence-electron chi connectivity index (χ0n) is 14.2. The molecule has 3 heterocycles. The molecule has 0 unspecified atom stereocenters. The summed E-state index contributed by atoms with van der Waals surface area (Å²) >= 11 is 0. The number of nitrogens with zero attached hydrogens (tertiary/aromatic N) is 4. The first-order valence-electron chi connectivity index (χ1n) is 8.24. The Balaban J connectivity index is 1.81. The summed E-state index contributed by atoms with van der Waals surface area (Å²) in [7, 11) is 0. The van der Waals surface area contributed by atoms with Crippen LogP contribution in [0.5, 0.6) is 0 Å². The normalized spacial score (nSPS) is 18.7. The van der Waals surface area contributed by atoms with E-state index >= 15 is 0 Å². The van der Waals surface area contributed by atoms with Crippen LogP contribution in [0, 0.1) is 13.8 Å². The number of likely N-dealkylation sites (tertiary alicyclic amines) is 1. The third-order valence-corrected chi connectivity index (χ3v) is 4.54. The molecule has 0 spiro atoms. The van der Waals surface area contributed by atoms with Gasteiger partial charge in [0.25, 0.3) is 5.91 Å². The lowest BCUT2D eigenvalue weighted by Gasteiger charge is -2.34. The van der Waals surface area contributed by atoms with Gasteiger partial charge in [0, 0.05) is 31.4 Å². The molecule has 1 fully saturated rings. The molecule has 1 atom stereocenters. The van der Waals surface area contributed by atoms with Crippen LogP contribution in [0.2, 0.25) is 0 Å². The minimum absolute atomic E-state index is 0.0252. The molecule has 0 aromatic carbocycles. The van der Waals surface area contributed by atoms with Crippen molar-refractivity contribution < 1.29 is 9.32 Å². The molecule has 6 heteroatoms. The lowest BCUT2D eigenvalue weighted by Crippen LogP contribution is -2.41. The molecule has 0 radical (unpaired) electrons. The Morgan fingerprint density at radius 3 is 2.83 bits per heavy atom. The molecule has 0 N–H and O–H groups in total. The zero-order valence-corrected chi connectivity index (χ0v) is 14.2. The van der Waals surface area contributed by atoms with Crippen LogP contribution < -0.4 is 0 Å². The summed E-state index contributed by atoms with van der Waals surface area (Å²) in [5.74, 6) is 2.08. The van der Waals surface area contributed by atoms with Crippen molar-refractivity contribution in [2.75, 3.05) is 13.1 Å². The lowest BCUT2D eigenvalue weighted by atomic mass is 10.0. The number of aromatic nitrogens is 3. The van der Waals surface area contributed by atoms with Gasteiger partial charge < -0.3 is 14.0 Å². The summed E-state index contributed by atoms with van der Waals surface area (Å²) in [5.41, 5.74) is 1.28. The van der Waals surface area contributed by atoms with Gasteiger partial charge in [-0.25, -0.2) is 4.98 Å². The topological polar surface area (TPSA) is 64.2 Å². The molecule has 2 aromatic heterocycles. The SMILES string of the molecule is Cc1noc(C)c1C(=O)N1CCC[C@@H](n2ccnc2C(C)C)C1. The first-order chi connectivity index (χ1) is 11.0. The Morgan fingerprint density at radius 2 is 2.17 bits per heavy atom. The van der Waals surface area contributed by atoms with E-state index in [9.17, 15) is 4.79 Å². The molecule has 6 nitrogen and oxygen atoms in total. The first-order valence-corrected chi connectivity index (χ1v) is 8.24. The summed E-state index contributed by atoms with van der Waals surface area (Å²) in [4.78, 5) is 19.2. The predicted octanol–water partition coefficient (Wildman–Crippen LogP) is 3.09. The Hall–Kier alpha value is -2.11. The highest BCUT2D eigenvalue weighted by atomic mass is 16.5. The second-order valence-electron chi connectivity index (χ2n) is 6.59.